The van der Waals surface area contributed by atoms with Crippen LogP contribution in [0.2, 0.25) is 0 Å². The Morgan fingerprint density at radius 2 is 1.42 bits per heavy atom. The highest BCUT2D eigenvalue weighted by Gasteiger charge is 2.22. The van der Waals surface area contributed by atoms with E-state index in [1.165, 1.54) is 22.3 Å². The third kappa shape index (κ3) is 2.74. The predicted molar refractivity (Wildman–Crippen MR) is 102 cm³/mol. The van der Waals surface area contributed by atoms with Crippen molar-refractivity contribution in [3.8, 4) is 0 Å². The molecule has 3 aromatic carbocycles. The highest BCUT2D eigenvalue weighted by Crippen LogP contribution is 2.38. The van der Waals surface area contributed by atoms with Crippen LogP contribution in [0.4, 0.5) is 5.69 Å². The number of fused-ring (bicyclic) bond motifs is 1. The van der Waals surface area contributed by atoms with Gasteiger partial charge in [0.15, 0.2) is 0 Å². The van der Waals surface area contributed by atoms with Crippen LogP contribution >= 0.6 is 0 Å². The Morgan fingerprint density at radius 1 is 0.750 bits per heavy atom. The summed E-state index contributed by atoms with van der Waals surface area (Å²) in [6, 6.07) is 28.1. The maximum Gasteiger partial charge on any atom is 0.0488 e. The average Bonchev–Trinajstić information content (AvgIpc) is 3.06. The van der Waals surface area contributed by atoms with Gasteiger partial charge in [-0.15, -0.1) is 0 Å². The molecule has 0 heterocycles. The second kappa shape index (κ2) is 6.37. The molecule has 0 spiro atoms. The van der Waals surface area contributed by atoms with Crippen LogP contribution in [0.25, 0.3) is 6.08 Å². The summed E-state index contributed by atoms with van der Waals surface area (Å²) in [5, 5.41) is 3.62. The van der Waals surface area contributed by atoms with Gasteiger partial charge in [0.2, 0.25) is 0 Å². The van der Waals surface area contributed by atoms with Gasteiger partial charge in [0.1, 0.15) is 0 Å². The van der Waals surface area contributed by atoms with Gasteiger partial charge in [-0.2, -0.15) is 0 Å². The lowest BCUT2D eigenvalue weighted by atomic mass is 9.87. The standard InChI is InChI=1S/C23H21N/c1-17(24-19-10-3-2-4-11-19)20-12-7-8-14-22(20)23-16-15-18-9-5-6-13-21(18)23/h2-17,23-24H,1H3. The lowest BCUT2D eigenvalue weighted by Crippen LogP contribution is -2.11. The normalized spacial score (nSPS) is 16.6. The van der Waals surface area contributed by atoms with Crippen molar-refractivity contribution in [1.29, 1.82) is 0 Å². The van der Waals surface area contributed by atoms with Crippen LogP contribution < -0.4 is 5.32 Å². The van der Waals surface area contributed by atoms with E-state index in [-0.39, 0.29) is 6.04 Å². The lowest BCUT2D eigenvalue weighted by Gasteiger charge is -2.22. The third-order valence-corrected chi connectivity index (χ3v) is 4.75. The third-order valence-electron chi connectivity index (χ3n) is 4.75. The van der Waals surface area contributed by atoms with E-state index in [1.807, 2.05) is 6.07 Å². The van der Waals surface area contributed by atoms with E-state index >= 15 is 0 Å². The van der Waals surface area contributed by atoms with Gasteiger partial charge < -0.3 is 5.32 Å². The molecular formula is C23H21N. The van der Waals surface area contributed by atoms with E-state index in [0.717, 1.165) is 5.69 Å². The Balaban J connectivity index is 1.68. The van der Waals surface area contributed by atoms with Gasteiger partial charge in [0.25, 0.3) is 0 Å². The number of allylic oxidation sites excluding steroid dienone is 1. The summed E-state index contributed by atoms with van der Waals surface area (Å²) in [5.41, 5.74) is 6.63. The second-order valence-corrected chi connectivity index (χ2v) is 6.33. The molecule has 1 nitrogen and oxygen atoms in total. The summed E-state index contributed by atoms with van der Waals surface area (Å²) in [6.07, 6.45) is 4.56. The molecule has 4 rings (SSSR count). The van der Waals surface area contributed by atoms with Gasteiger partial charge in [-0.25, -0.2) is 0 Å². The first-order valence-corrected chi connectivity index (χ1v) is 8.50. The van der Waals surface area contributed by atoms with E-state index in [9.17, 15) is 0 Å². The number of benzene rings is 3. The van der Waals surface area contributed by atoms with Crippen LogP contribution in [0.5, 0.6) is 0 Å². The van der Waals surface area contributed by atoms with E-state index in [1.54, 1.807) is 0 Å². The van der Waals surface area contributed by atoms with Crippen molar-refractivity contribution in [2.45, 2.75) is 18.9 Å². The van der Waals surface area contributed by atoms with Crippen LogP contribution in [-0.2, 0) is 0 Å². The van der Waals surface area contributed by atoms with Gasteiger partial charge in [-0.05, 0) is 41.3 Å². The highest BCUT2D eigenvalue weighted by molar-refractivity contribution is 5.66. The predicted octanol–water partition coefficient (Wildman–Crippen LogP) is 6.02. The molecule has 1 heteroatoms. The number of nitrogens with one attached hydrogen (secondary N) is 1. The minimum atomic E-state index is 0.254. The summed E-state index contributed by atoms with van der Waals surface area (Å²) < 4.78 is 0. The fraction of sp³-hybridized carbons (Fsp3) is 0.130. The molecule has 0 saturated carbocycles. The number of anilines is 1. The van der Waals surface area contributed by atoms with Crippen molar-refractivity contribution in [2.24, 2.45) is 0 Å². The minimum absolute atomic E-state index is 0.254. The average molecular weight is 311 g/mol. The lowest BCUT2D eigenvalue weighted by molar-refractivity contribution is 0.851. The van der Waals surface area contributed by atoms with Crippen molar-refractivity contribution in [3.05, 3.63) is 107 Å². The first kappa shape index (κ1) is 14.8. The van der Waals surface area contributed by atoms with Crippen molar-refractivity contribution < 1.29 is 0 Å². The van der Waals surface area contributed by atoms with E-state index in [0.29, 0.717) is 5.92 Å². The van der Waals surface area contributed by atoms with Crippen LogP contribution in [0.3, 0.4) is 0 Å². The fourth-order valence-electron chi connectivity index (χ4n) is 3.57. The number of hydrogen-bond acceptors (Lipinski definition) is 1. The summed E-state index contributed by atoms with van der Waals surface area (Å²) in [6.45, 7) is 2.23. The molecule has 2 atom stereocenters. The summed E-state index contributed by atoms with van der Waals surface area (Å²) in [5.74, 6) is 0.345. The van der Waals surface area contributed by atoms with Gasteiger partial charge >= 0.3 is 0 Å². The molecule has 118 valence electrons. The van der Waals surface area contributed by atoms with Crippen molar-refractivity contribution in [3.63, 3.8) is 0 Å². The smallest absolute Gasteiger partial charge is 0.0488 e. The van der Waals surface area contributed by atoms with Gasteiger partial charge in [0.05, 0.1) is 0 Å². The quantitative estimate of drug-likeness (QED) is 0.621. The van der Waals surface area contributed by atoms with Crippen LogP contribution in [-0.4, -0.2) is 0 Å². The largest absolute Gasteiger partial charge is 0.379 e. The molecule has 0 aromatic heterocycles. The monoisotopic (exact) mass is 311 g/mol. The summed E-state index contributed by atoms with van der Waals surface area (Å²) >= 11 is 0. The number of para-hydroxylation sites is 1. The topological polar surface area (TPSA) is 12.0 Å². The Kier molecular flexibility index (Phi) is 3.92. The molecule has 3 aromatic rings. The maximum absolute atomic E-state index is 3.62. The maximum atomic E-state index is 3.62. The molecular weight excluding hydrogens is 290 g/mol. The zero-order valence-corrected chi connectivity index (χ0v) is 13.8. The Bertz CT molecular complexity index is 864. The van der Waals surface area contributed by atoms with Gasteiger partial charge in [0, 0.05) is 17.6 Å². The van der Waals surface area contributed by atoms with Gasteiger partial charge in [-0.3, -0.25) is 0 Å². The SMILES string of the molecule is CC(Nc1ccccc1)c1ccccc1C1C=Cc2ccccc21. The van der Waals surface area contributed by atoms with Crippen LogP contribution in [0, 0.1) is 0 Å². The Morgan fingerprint density at radius 3 is 2.25 bits per heavy atom. The van der Waals surface area contributed by atoms with Crippen molar-refractivity contribution in [2.75, 3.05) is 5.32 Å². The Labute approximate surface area is 143 Å². The molecule has 0 aliphatic heterocycles. The molecule has 0 fully saturated rings. The molecule has 2 unspecified atom stereocenters. The molecule has 1 aliphatic rings. The van der Waals surface area contributed by atoms with Gasteiger partial charge in [-0.1, -0.05) is 78.9 Å². The minimum Gasteiger partial charge on any atom is -0.379 e. The first-order valence-electron chi connectivity index (χ1n) is 8.50. The first-order chi connectivity index (χ1) is 11.8. The molecule has 0 radical (unpaired) electrons. The summed E-state index contributed by atoms with van der Waals surface area (Å²) in [4.78, 5) is 0. The Hall–Kier alpha value is -2.80. The van der Waals surface area contributed by atoms with E-state index in [2.05, 4.69) is 97.2 Å². The fourth-order valence-corrected chi connectivity index (χ4v) is 3.57. The zero-order valence-electron chi connectivity index (χ0n) is 13.8. The second-order valence-electron chi connectivity index (χ2n) is 6.33. The molecule has 0 bridgehead atoms. The molecule has 24 heavy (non-hydrogen) atoms. The zero-order chi connectivity index (χ0) is 16.4. The molecule has 1 N–H and O–H groups in total. The van der Waals surface area contributed by atoms with E-state index in [4.69, 9.17) is 0 Å². The molecule has 0 amide bonds. The van der Waals surface area contributed by atoms with Crippen LogP contribution in [0.15, 0.2) is 84.9 Å². The molecule has 0 saturated heterocycles. The summed E-state index contributed by atoms with van der Waals surface area (Å²) in [7, 11) is 0. The highest BCUT2D eigenvalue weighted by atomic mass is 14.9. The molecule has 1 aliphatic carbocycles. The van der Waals surface area contributed by atoms with Crippen molar-refractivity contribution in [1.82, 2.24) is 0 Å². The van der Waals surface area contributed by atoms with E-state index < -0.39 is 0 Å². The number of hydrogen-bond donors (Lipinski definition) is 1. The number of rotatable bonds is 4. The van der Waals surface area contributed by atoms with Crippen LogP contribution in [0.1, 0.15) is 41.1 Å². The van der Waals surface area contributed by atoms with Crippen molar-refractivity contribution >= 4 is 11.8 Å².